The molecule has 0 aliphatic carbocycles. The Bertz CT molecular complexity index is 443. The van der Waals surface area contributed by atoms with Gasteiger partial charge in [0, 0.05) is 19.0 Å². The normalized spacial score (nSPS) is 10.5. The maximum atomic E-state index is 4.13. The molecule has 0 unspecified atom stereocenters. The SMILES string of the molecule is CNc1nnc(-c2ccc(C)s2)n1C. The lowest BCUT2D eigenvalue weighted by Gasteiger charge is -1.99. The van der Waals surface area contributed by atoms with E-state index in [1.165, 1.54) is 4.88 Å². The Labute approximate surface area is 86.6 Å². The third-order valence-corrected chi connectivity index (χ3v) is 3.06. The summed E-state index contributed by atoms with van der Waals surface area (Å²) in [5.41, 5.74) is 0. The molecule has 1 N–H and O–H groups in total. The van der Waals surface area contributed by atoms with Crippen LogP contribution in [0.3, 0.4) is 0 Å². The van der Waals surface area contributed by atoms with Gasteiger partial charge >= 0.3 is 0 Å². The van der Waals surface area contributed by atoms with Crippen LogP contribution in [0.4, 0.5) is 5.95 Å². The lowest BCUT2D eigenvalue weighted by Crippen LogP contribution is -1.98. The Hall–Kier alpha value is -1.36. The van der Waals surface area contributed by atoms with Crippen molar-refractivity contribution in [1.82, 2.24) is 14.8 Å². The molecule has 2 aromatic rings. The molecule has 0 amide bonds. The van der Waals surface area contributed by atoms with Crippen LogP contribution in [-0.2, 0) is 7.05 Å². The molecule has 0 bridgehead atoms. The second-order valence-corrected chi connectivity index (χ2v) is 4.35. The van der Waals surface area contributed by atoms with Crippen LogP contribution in [0, 0.1) is 6.92 Å². The first-order valence-corrected chi connectivity index (χ1v) is 5.18. The number of nitrogens with zero attached hydrogens (tertiary/aromatic N) is 3. The molecule has 4 nitrogen and oxygen atoms in total. The summed E-state index contributed by atoms with van der Waals surface area (Å²) in [6.07, 6.45) is 0. The Balaban J connectivity index is 2.46. The molecule has 0 radical (unpaired) electrons. The van der Waals surface area contributed by atoms with E-state index in [0.29, 0.717) is 0 Å². The molecular formula is C9H12N4S. The third kappa shape index (κ3) is 1.39. The van der Waals surface area contributed by atoms with Crippen molar-refractivity contribution in [2.24, 2.45) is 7.05 Å². The fourth-order valence-electron chi connectivity index (χ4n) is 1.32. The quantitative estimate of drug-likeness (QED) is 0.819. The maximum absolute atomic E-state index is 4.13. The smallest absolute Gasteiger partial charge is 0.224 e. The molecule has 0 atom stereocenters. The monoisotopic (exact) mass is 208 g/mol. The van der Waals surface area contributed by atoms with E-state index in [4.69, 9.17) is 0 Å². The number of hydrogen-bond acceptors (Lipinski definition) is 4. The van der Waals surface area contributed by atoms with Gasteiger partial charge < -0.3 is 5.32 Å². The zero-order valence-corrected chi connectivity index (χ0v) is 9.22. The van der Waals surface area contributed by atoms with Gasteiger partial charge in [0.1, 0.15) is 0 Å². The van der Waals surface area contributed by atoms with Crippen LogP contribution in [-0.4, -0.2) is 21.8 Å². The van der Waals surface area contributed by atoms with Gasteiger partial charge in [0.2, 0.25) is 5.95 Å². The van der Waals surface area contributed by atoms with Gasteiger partial charge in [0.05, 0.1) is 4.88 Å². The van der Waals surface area contributed by atoms with E-state index >= 15 is 0 Å². The number of anilines is 1. The molecule has 5 heteroatoms. The molecule has 2 aromatic heterocycles. The van der Waals surface area contributed by atoms with Crippen LogP contribution in [0.5, 0.6) is 0 Å². The summed E-state index contributed by atoms with van der Waals surface area (Å²) < 4.78 is 1.95. The van der Waals surface area contributed by atoms with Gasteiger partial charge in [-0.1, -0.05) is 0 Å². The number of thiophene rings is 1. The highest BCUT2D eigenvalue weighted by Crippen LogP contribution is 2.26. The molecule has 0 spiro atoms. The van der Waals surface area contributed by atoms with E-state index in [-0.39, 0.29) is 0 Å². The molecule has 0 aliphatic rings. The first kappa shape index (κ1) is 9.21. The van der Waals surface area contributed by atoms with Crippen LogP contribution in [0.15, 0.2) is 12.1 Å². The third-order valence-electron chi connectivity index (χ3n) is 2.06. The average molecular weight is 208 g/mol. The summed E-state index contributed by atoms with van der Waals surface area (Å²) in [5.74, 6) is 1.69. The minimum atomic E-state index is 0.783. The highest BCUT2D eigenvalue weighted by molar-refractivity contribution is 7.15. The minimum absolute atomic E-state index is 0.783. The average Bonchev–Trinajstić information content (AvgIpc) is 2.72. The summed E-state index contributed by atoms with van der Waals surface area (Å²) in [4.78, 5) is 2.44. The van der Waals surface area contributed by atoms with E-state index in [9.17, 15) is 0 Å². The number of aryl methyl sites for hydroxylation is 1. The predicted molar refractivity (Wildman–Crippen MR) is 58.6 cm³/mol. The highest BCUT2D eigenvalue weighted by atomic mass is 32.1. The largest absolute Gasteiger partial charge is 0.357 e. The number of nitrogens with one attached hydrogen (secondary N) is 1. The van der Waals surface area contributed by atoms with Crippen molar-refractivity contribution >= 4 is 17.3 Å². The summed E-state index contributed by atoms with van der Waals surface area (Å²) in [6.45, 7) is 2.09. The molecule has 0 fully saturated rings. The Morgan fingerprint density at radius 3 is 2.64 bits per heavy atom. The fraction of sp³-hybridized carbons (Fsp3) is 0.333. The lowest BCUT2D eigenvalue weighted by atomic mass is 10.4. The summed E-state index contributed by atoms with van der Waals surface area (Å²) in [7, 11) is 3.80. The molecule has 0 aromatic carbocycles. The Morgan fingerprint density at radius 1 is 1.36 bits per heavy atom. The molecule has 0 saturated carbocycles. The van der Waals surface area contributed by atoms with Crippen LogP contribution >= 0.6 is 11.3 Å². The number of aromatic nitrogens is 3. The van der Waals surface area contributed by atoms with Crippen molar-refractivity contribution in [2.75, 3.05) is 12.4 Å². The van der Waals surface area contributed by atoms with Gasteiger partial charge in [-0.05, 0) is 19.1 Å². The van der Waals surface area contributed by atoms with Crippen molar-refractivity contribution in [3.05, 3.63) is 17.0 Å². The lowest BCUT2D eigenvalue weighted by molar-refractivity contribution is 0.927. The van der Waals surface area contributed by atoms with Crippen LogP contribution in [0.2, 0.25) is 0 Å². The van der Waals surface area contributed by atoms with E-state index in [1.807, 2.05) is 18.7 Å². The van der Waals surface area contributed by atoms with Crippen molar-refractivity contribution in [3.63, 3.8) is 0 Å². The predicted octanol–water partition coefficient (Wildman–Crippen LogP) is 1.89. The fourth-order valence-corrected chi connectivity index (χ4v) is 2.20. The first-order chi connectivity index (χ1) is 6.72. The van der Waals surface area contributed by atoms with Gasteiger partial charge in [-0.15, -0.1) is 21.5 Å². The minimum Gasteiger partial charge on any atom is -0.357 e. The van der Waals surface area contributed by atoms with E-state index < -0.39 is 0 Å². The van der Waals surface area contributed by atoms with Crippen LogP contribution in [0.1, 0.15) is 4.88 Å². The van der Waals surface area contributed by atoms with E-state index in [1.54, 1.807) is 11.3 Å². The second kappa shape index (κ2) is 3.42. The summed E-state index contributed by atoms with van der Waals surface area (Å²) in [5, 5.41) is 11.1. The number of rotatable bonds is 2. The van der Waals surface area contributed by atoms with E-state index in [0.717, 1.165) is 16.6 Å². The van der Waals surface area contributed by atoms with Gasteiger partial charge in [-0.25, -0.2) is 0 Å². The molecule has 2 rings (SSSR count). The van der Waals surface area contributed by atoms with Crippen molar-refractivity contribution in [3.8, 4) is 10.7 Å². The topological polar surface area (TPSA) is 42.7 Å². The summed E-state index contributed by atoms with van der Waals surface area (Å²) in [6, 6.07) is 4.16. The summed E-state index contributed by atoms with van der Waals surface area (Å²) >= 11 is 1.73. The van der Waals surface area contributed by atoms with Gasteiger partial charge in [0.15, 0.2) is 5.82 Å². The molecule has 0 saturated heterocycles. The zero-order valence-electron chi connectivity index (χ0n) is 8.40. The molecule has 14 heavy (non-hydrogen) atoms. The Morgan fingerprint density at radius 2 is 2.14 bits per heavy atom. The first-order valence-electron chi connectivity index (χ1n) is 4.36. The Kier molecular flexibility index (Phi) is 2.25. The van der Waals surface area contributed by atoms with Crippen molar-refractivity contribution < 1.29 is 0 Å². The standard InChI is InChI=1S/C9H12N4S/c1-6-4-5-7(14-6)8-11-12-9(10-2)13(8)3/h4-5H,1-3H3,(H,10,12). The van der Waals surface area contributed by atoms with Gasteiger partial charge in [-0.2, -0.15) is 0 Å². The maximum Gasteiger partial charge on any atom is 0.224 e. The van der Waals surface area contributed by atoms with Crippen molar-refractivity contribution in [1.29, 1.82) is 0 Å². The molecule has 74 valence electrons. The van der Waals surface area contributed by atoms with E-state index in [2.05, 4.69) is 34.6 Å². The van der Waals surface area contributed by atoms with Crippen LogP contribution < -0.4 is 5.32 Å². The van der Waals surface area contributed by atoms with Crippen LogP contribution in [0.25, 0.3) is 10.7 Å². The molecular weight excluding hydrogens is 196 g/mol. The highest BCUT2D eigenvalue weighted by Gasteiger charge is 2.10. The molecule has 0 aliphatic heterocycles. The van der Waals surface area contributed by atoms with Gasteiger partial charge in [-0.3, -0.25) is 4.57 Å². The zero-order chi connectivity index (χ0) is 10.1. The number of hydrogen-bond donors (Lipinski definition) is 1. The molecule has 2 heterocycles. The van der Waals surface area contributed by atoms with Gasteiger partial charge in [0.25, 0.3) is 0 Å². The second-order valence-electron chi connectivity index (χ2n) is 3.07. The van der Waals surface area contributed by atoms with Crippen molar-refractivity contribution in [2.45, 2.75) is 6.92 Å².